The van der Waals surface area contributed by atoms with Crippen molar-refractivity contribution in [3.8, 4) is 12.1 Å². The van der Waals surface area contributed by atoms with Crippen LogP contribution >= 0.6 is 0 Å². The number of halogens is 1. The van der Waals surface area contributed by atoms with Gasteiger partial charge in [0.25, 0.3) is 0 Å². The van der Waals surface area contributed by atoms with Crippen LogP contribution in [-0.4, -0.2) is 18.8 Å². The summed E-state index contributed by atoms with van der Waals surface area (Å²) < 4.78 is 17.5. The van der Waals surface area contributed by atoms with Gasteiger partial charge in [-0.05, 0) is 24.6 Å². The van der Waals surface area contributed by atoms with Gasteiger partial charge in [0.1, 0.15) is 5.82 Å². The van der Waals surface area contributed by atoms with E-state index in [1.165, 1.54) is 24.3 Å². The molecule has 2 atom stereocenters. The van der Waals surface area contributed by atoms with Gasteiger partial charge in [-0.1, -0.05) is 12.1 Å². The fourth-order valence-corrected chi connectivity index (χ4v) is 1.39. The van der Waals surface area contributed by atoms with Crippen molar-refractivity contribution in [3.63, 3.8) is 0 Å². The van der Waals surface area contributed by atoms with Crippen LogP contribution in [0.1, 0.15) is 18.5 Å². The first-order chi connectivity index (χ1) is 9.62. The number of benzene rings is 1. The highest BCUT2D eigenvalue weighted by Gasteiger charge is 2.17. The second-order valence-corrected chi connectivity index (χ2v) is 3.74. The molecule has 0 bridgehead atoms. The van der Waals surface area contributed by atoms with E-state index in [1.807, 2.05) is 6.07 Å². The Labute approximate surface area is 115 Å². The summed E-state index contributed by atoms with van der Waals surface area (Å²) in [5.74, 6) is -2.29. The Morgan fingerprint density at radius 1 is 1.40 bits per heavy atom. The minimum Gasteiger partial charge on any atom is -0.465 e. The number of nitriles is 2. The molecule has 1 aromatic carbocycles. The van der Waals surface area contributed by atoms with Crippen LogP contribution in [0.2, 0.25) is 0 Å². The lowest BCUT2D eigenvalue weighted by molar-refractivity contribution is -0.143. The molecule has 0 aliphatic heterocycles. The van der Waals surface area contributed by atoms with Crippen LogP contribution in [0.25, 0.3) is 0 Å². The van der Waals surface area contributed by atoms with E-state index in [0.29, 0.717) is 5.56 Å². The zero-order valence-electron chi connectivity index (χ0n) is 10.8. The average molecular weight is 273 g/mol. The molecule has 102 valence electrons. The first-order valence-corrected chi connectivity index (χ1v) is 5.87. The van der Waals surface area contributed by atoms with Gasteiger partial charge in [-0.25, -0.2) is 4.39 Å². The van der Waals surface area contributed by atoms with Crippen LogP contribution in [0.3, 0.4) is 0 Å². The molecule has 0 aromatic heterocycles. The van der Waals surface area contributed by atoms with Gasteiger partial charge in [-0.2, -0.15) is 10.5 Å². The quantitative estimate of drug-likeness (QED) is 0.607. The van der Waals surface area contributed by atoms with E-state index in [9.17, 15) is 9.18 Å². The Bertz CT molecular complexity index is 570. The van der Waals surface area contributed by atoms with Crippen LogP contribution < -0.4 is 0 Å². The van der Waals surface area contributed by atoms with Crippen molar-refractivity contribution in [1.82, 2.24) is 0 Å². The van der Waals surface area contributed by atoms with Crippen LogP contribution in [0, 0.1) is 34.4 Å². The number of esters is 1. The second-order valence-electron chi connectivity index (χ2n) is 3.74. The smallest absolute Gasteiger partial charge is 0.328 e. The van der Waals surface area contributed by atoms with Crippen molar-refractivity contribution >= 4 is 12.2 Å². The highest BCUT2D eigenvalue weighted by Crippen LogP contribution is 2.17. The Morgan fingerprint density at radius 3 is 2.55 bits per heavy atom. The Morgan fingerprint density at radius 2 is 2.05 bits per heavy atom. The number of rotatable bonds is 5. The van der Waals surface area contributed by atoms with Crippen molar-refractivity contribution in [2.45, 2.75) is 13.0 Å². The van der Waals surface area contributed by atoms with Crippen molar-refractivity contribution in [3.05, 3.63) is 35.6 Å². The molecule has 0 saturated carbocycles. The number of aliphatic imine (C=N–C) groups is 1. The maximum atomic E-state index is 12.8. The molecule has 0 aliphatic rings. The zero-order valence-corrected chi connectivity index (χ0v) is 10.8. The van der Waals surface area contributed by atoms with Gasteiger partial charge >= 0.3 is 5.97 Å². The van der Waals surface area contributed by atoms with Crippen molar-refractivity contribution in [2.75, 3.05) is 6.61 Å². The highest BCUT2D eigenvalue weighted by atomic mass is 19.1. The maximum absolute atomic E-state index is 12.8. The topological polar surface area (TPSA) is 86.2 Å². The fraction of sp³-hybridized carbons (Fsp3) is 0.286. The number of carbonyl (C=O) groups excluding carboxylic acids is 1. The molecule has 0 fully saturated rings. The van der Waals surface area contributed by atoms with Crippen LogP contribution in [-0.2, 0) is 9.53 Å². The van der Waals surface area contributed by atoms with Crippen molar-refractivity contribution in [1.29, 1.82) is 10.5 Å². The summed E-state index contributed by atoms with van der Waals surface area (Å²) in [6.45, 7) is 1.78. The van der Waals surface area contributed by atoms with Gasteiger partial charge in [-0.15, -0.1) is 0 Å². The number of hydrogen-bond donors (Lipinski definition) is 0. The number of nitrogens with zero attached hydrogens (tertiary/aromatic N) is 3. The lowest BCUT2D eigenvalue weighted by Crippen LogP contribution is -2.17. The molecule has 0 saturated heterocycles. The zero-order chi connectivity index (χ0) is 15.0. The molecule has 20 heavy (non-hydrogen) atoms. The molecule has 0 unspecified atom stereocenters. The van der Waals surface area contributed by atoms with Crippen LogP contribution in [0.15, 0.2) is 29.3 Å². The summed E-state index contributed by atoms with van der Waals surface area (Å²) in [5.41, 5.74) is 0.477. The first-order valence-electron chi connectivity index (χ1n) is 5.87. The predicted octanol–water partition coefficient (Wildman–Crippen LogP) is 2.16. The maximum Gasteiger partial charge on any atom is 0.328 e. The second kappa shape index (κ2) is 7.65. The Hall–Kier alpha value is -2.73. The van der Waals surface area contributed by atoms with Crippen molar-refractivity contribution in [2.24, 2.45) is 10.9 Å². The molecule has 1 aromatic rings. The molecule has 6 heteroatoms. The van der Waals surface area contributed by atoms with E-state index in [-0.39, 0.29) is 6.61 Å². The lowest BCUT2D eigenvalue weighted by Gasteiger charge is -2.06. The van der Waals surface area contributed by atoms with E-state index >= 15 is 0 Å². The lowest BCUT2D eigenvalue weighted by atomic mass is 10.1. The third-order valence-electron chi connectivity index (χ3n) is 2.37. The van der Waals surface area contributed by atoms with Crippen LogP contribution in [0.5, 0.6) is 0 Å². The van der Waals surface area contributed by atoms with Gasteiger partial charge in [0, 0.05) is 6.21 Å². The van der Waals surface area contributed by atoms with Gasteiger partial charge in [0.2, 0.25) is 0 Å². The summed E-state index contributed by atoms with van der Waals surface area (Å²) in [5, 5.41) is 17.9. The summed E-state index contributed by atoms with van der Waals surface area (Å²) in [6, 6.07) is 8.00. The van der Waals surface area contributed by atoms with Gasteiger partial charge < -0.3 is 4.74 Å². The number of hydrogen-bond acceptors (Lipinski definition) is 5. The minimum atomic E-state index is -1.16. The van der Waals surface area contributed by atoms with Crippen molar-refractivity contribution < 1.29 is 13.9 Å². The van der Waals surface area contributed by atoms with E-state index in [1.54, 1.807) is 13.0 Å². The van der Waals surface area contributed by atoms with Gasteiger partial charge in [0.05, 0.1) is 18.7 Å². The largest absolute Gasteiger partial charge is 0.465 e. The van der Waals surface area contributed by atoms with Gasteiger partial charge in [0.15, 0.2) is 12.0 Å². The summed E-state index contributed by atoms with van der Waals surface area (Å²) >= 11 is 0. The summed E-state index contributed by atoms with van der Waals surface area (Å²) in [6.07, 6.45) is 1.08. The molecule has 0 heterocycles. The van der Waals surface area contributed by atoms with E-state index < -0.39 is 23.7 Å². The first kappa shape index (κ1) is 15.3. The average Bonchev–Trinajstić information content (AvgIpc) is 2.45. The third-order valence-corrected chi connectivity index (χ3v) is 2.37. The summed E-state index contributed by atoms with van der Waals surface area (Å²) in [7, 11) is 0. The third kappa shape index (κ3) is 4.18. The fourth-order valence-electron chi connectivity index (χ4n) is 1.39. The molecule has 0 amide bonds. The standard InChI is InChI=1S/C14H12FN3O2/c1-2-20-14(19)11(7-16)9-18-13(8-17)10-3-5-12(15)6-4-10/h3-6,9,11,13H,2H2,1H3/t11-,13+/m1/s1. The normalized spacial score (nSPS) is 13.2. The SMILES string of the molecule is CCOC(=O)[C@H](C#N)C=N[C@@H](C#N)c1ccc(F)cc1. The number of ether oxygens (including phenoxy) is 1. The highest BCUT2D eigenvalue weighted by molar-refractivity contribution is 5.93. The summed E-state index contributed by atoms with van der Waals surface area (Å²) in [4.78, 5) is 15.3. The van der Waals surface area contributed by atoms with E-state index in [4.69, 9.17) is 15.3 Å². The molecular formula is C14H12FN3O2. The van der Waals surface area contributed by atoms with Gasteiger partial charge in [-0.3, -0.25) is 9.79 Å². The number of carbonyl (C=O) groups is 1. The molecule has 0 radical (unpaired) electrons. The molecule has 0 spiro atoms. The van der Waals surface area contributed by atoms with E-state index in [0.717, 1.165) is 6.21 Å². The molecule has 0 N–H and O–H groups in total. The molecule has 0 aliphatic carbocycles. The monoisotopic (exact) mass is 273 g/mol. The molecule has 5 nitrogen and oxygen atoms in total. The van der Waals surface area contributed by atoms with Crippen LogP contribution in [0.4, 0.5) is 4.39 Å². The Kier molecular flexibility index (Phi) is 5.86. The minimum absolute atomic E-state index is 0.157. The molecular weight excluding hydrogens is 261 g/mol. The molecule has 1 rings (SSSR count). The predicted molar refractivity (Wildman–Crippen MR) is 69.0 cm³/mol. The van der Waals surface area contributed by atoms with E-state index in [2.05, 4.69) is 4.99 Å². The Balaban J connectivity index is 2.85.